The average molecular weight is 324 g/mol. The van der Waals surface area contributed by atoms with Gasteiger partial charge in [-0.05, 0) is 30.2 Å². The number of halogens is 1. The summed E-state index contributed by atoms with van der Waals surface area (Å²) < 4.78 is 5.03. The van der Waals surface area contributed by atoms with Crippen LogP contribution in [-0.2, 0) is 17.8 Å². The van der Waals surface area contributed by atoms with Gasteiger partial charge >= 0.3 is 5.97 Å². The number of carbonyl (C=O) groups excluding carboxylic acids is 1. The van der Waals surface area contributed by atoms with Gasteiger partial charge in [-0.1, -0.05) is 17.7 Å². The number of hydrogen-bond donors (Lipinski definition) is 3. The Labute approximate surface area is 131 Å². The first-order valence-corrected chi connectivity index (χ1v) is 6.89. The zero-order valence-corrected chi connectivity index (χ0v) is 12.3. The smallest absolute Gasteiger partial charge is 0.339 e. The van der Waals surface area contributed by atoms with E-state index in [1.165, 1.54) is 18.4 Å². The van der Waals surface area contributed by atoms with Gasteiger partial charge in [0.1, 0.15) is 17.1 Å². The summed E-state index contributed by atoms with van der Waals surface area (Å²) in [6.07, 6.45) is 1.93. The van der Waals surface area contributed by atoms with Gasteiger partial charge in [0.25, 0.3) is 0 Å². The number of carboxylic acid groups (broad SMARTS) is 1. The maximum Gasteiger partial charge on any atom is 0.339 e. The van der Waals surface area contributed by atoms with Crippen LogP contribution in [-0.4, -0.2) is 22.1 Å². The summed E-state index contributed by atoms with van der Waals surface area (Å²) in [6, 6.07) is 6.09. The van der Waals surface area contributed by atoms with Crippen LogP contribution >= 0.6 is 11.6 Å². The molecule has 3 N–H and O–H groups in total. The molecule has 2 aromatic rings. The molecule has 0 bridgehead atoms. The molecule has 0 saturated carbocycles. The Morgan fingerprint density at radius 2 is 2.05 bits per heavy atom. The highest BCUT2D eigenvalue weighted by molar-refractivity contribution is 6.32. The first-order chi connectivity index (χ1) is 10.5. The van der Waals surface area contributed by atoms with Crippen molar-refractivity contribution in [1.29, 1.82) is 0 Å². The van der Waals surface area contributed by atoms with Crippen LogP contribution < -0.4 is 5.32 Å². The Morgan fingerprint density at radius 3 is 2.73 bits per heavy atom. The van der Waals surface area contributed by atoms with Gasteiger partial charge in [0.15, 0.2) is 0 Å². The van der Waals surface area contributed by atoms with E-state index >= 15 is 0 Å². The van der Waals surface area contributed by atoms with Gasteiger partial charge in [0.2, 0.25) is 5.91 Å². The molecule has 116 valence electrons. The fourth-order valence-corrected chi connectivity index (χ4v) is 2.10. The normalized spacial score (nSPS) is 10.4. The van der Waals surface area contributed by atoms with E-state index in [4.69, 9.17) is 21.1 Å². The van der Waals surface area contributed by atoms with Crippen LogP contribution in [0.3, 0.4) is 0 Å². The molecule has 0 aliphatic heterocycles. The number of aromatic carboxylic acids is 1. The Morgan fingerprint density at radius 1 is 1.27 bits per heavy atom. The van der Waals surface area contributed by atoms with Crippen molar-refractivity contribution in [3.63, 3.8) is 0 Å². The van der Waals surface area contributed by atoms with Crippen molar-refractivity contribution in [2.24, 2.45) is 0 Å². The van der Waals surface area contributed by atoms with Gasteiger partial charge in [-0.3, -0.25) is 4.79 Å². The van der Waals surface area contributed by atoms with Crippen LogP contribution in [0.2, 0.25) is 5.02 Å². The number of phenols is 1. The van der Waals surface area contributed by atoms with Gasteiger partial charge in [-0.2, -0.15) is 0 Å². The summed E-state index contributed by atoms with van der Waals surface area (Å²) in [6.45, 7) is 0.0177. The van der Waals surface area contributed by atoms with Crippen LogP contribution in [0.5, 0.6) is 5.75 Å². The first-order valence-electron chi connectivity index (χ1n) is 6.51. The van der Waals surface area contributed by atoms with Crippen LogP contribution in [0.4, 0.5) is 0 Å². The number of nitrogens with one attached hydrogen (secondary N) is 1. The standard InChI is InChI=1S/C15H14ClNO5/c16-11-7-9(1-3-12(11)18)2-4-14(19)17-8-13-10(15(20)21)5-6-22-13/h1,3,5-7,18H,2,4,8H2,(H,17,19)(H,20,21). The molecule has 0 atom stereocenters. The zero-order valence-electron chi connectivity index (χ0n) is 11.5. The molecule has 0 unspecified atom stereocenters. The minimum atomic E-state index is -1.10. The second kappa shape index (κ2) is 7.00. The lowest BCUT2D eigenvalue weighted by atomic mass is 10.1. The molecule has 2 rings (SSSR count). The molecule has 0 spiro atoms. The molecule has 7 heteroatoms. The second-order valence-electron chi connectivity index (χ2n) is 4.63. The molecule has 1 aromatic carbocycles. The van der Waals surface area contributed by atoms with Crippen LogP contribution in [0.25, 0.3) is 0 Å². The van der Waals surface area contributed by atoms with Crippen molar-refractivity contribution < 1.29 is 24.2 Å². The fourth-order valence-electron chi connectivity index (χ4n) is 1.90. The summed E-state index contributed by atoms with van der Waals surface area (Å²) in [4.78, 5) is 22.7. The SMILES string of the molecule is O=C(CCc1ccc(O)c(Cl)c1)NCc1occc1C(=O)O. The number of phenolic OH excluding ortho intramolecular Hbond substituents is 1. The minimum absolute atomic E-state index is 0.00566. The molecule has 1 aromatic heterocycles. The molecule has 0 saturated heterocycles. The van der Waals surface area contributed by atoms with E-state index in [0.717, 1.165) is 5.56 Å². The van der Waals surface area contributed by atoms with Gasteiger partial charge < -0.3 is 19.9 Å². The molecule has 0 radical (unpaired) electrons. The molecular formula is C15H14ClNO5. The van der Waals surface area contributed by atoms with E-state index in [-0.39, 0.29) is 41.0 Å². The Kier molecular flexibility index (Phi) is 5.06. The highest BCUT2D eigenvalue weighted by Crippen LogP contribution is 2.24. The third kappa shape index (κ3) is 4.02. The lowest BCUT2D eigenvalue weighted by Gasteiger charge is -2.05. The number of aryl methyl sites for hydroxylation is 1. The van der Waals surface area contributed by atoms with E-state index in [1.54, 1.807) is 12.1 Å². The Balaban J connectivity index is 1.84. The summed E-state index contributed by atoms with van der Waals surface area (Å²) >= 11 is 5.79. The predicted octanol–water partition coefficient (Wildman–Crippen LogP) is 2.59. The molecule has 0 fully saturated rings. The van der Waals surface area contributed by atoms with E-state index in [0.29, 0.717) is 6.42 Å². The number of rotatable bonds is 6. The third-order valence-electron chi connectivity index (χ3n) is 3.07. The van der Waals surface area contributed by atoms with Crippen LogP contribution in [0.15, 0.2) is 34.9 Å². The van der Waals surface area contributed by atoms with Crippen LogP contribution in [0.1, 0.15) is 28.1 Å². The number of benzene rings is 1. The van der Waals surface area contributed by atoms with Gasteiger partial charge in [-0.15, -0.1) is 0 Å². The second-order valence-corrected chi connectivity index (χ2v) is 5.03. The van der Waals surface area contributed by atoms with Gasteiger partial charge in [0, 0.05) is 6.42 Å². The number of carbonyl (C=O) groups is 2. The molecule has 1 amide bonds. The topological polar surface area (TPSA) is 99.8 Å². The number of hydrogen-bond acceptors (Lipinski definition) is 4. The summed E-state index contributed by atoms with van der Waals surface area (Å²) in [5.41, 5.74) is 0.854. The predicted molar refractivity (Wildman–Crippen MR) is 79.0 cm³/mol. The third-order valence-corrected chi connectivity index (χ3v) is 3.38. The maximum absolute atomic E-state index is 11.8. The Hall–Kier alpha value is -2.47. The molecular weight excluding hydrogens is 310 g/mol. The number of carboxylic acids is 1. The highest BCUT2D eigenvalue weighted by atomic mass is 35.5. The maximum atomic E-state index is 11.8. The molecule has 22 heavy (non-hydrogen) atoms. The zero-order chi connectivity index (χ0) is 16.1. The molecule has 0 aliphatic carbocycles. The van der Waals surface area contributed by atoms with E-state index < -0.39 is 5.97 Å². The quantitative estimate of drug-likeness (QED) is 0.758. The minimum Gasteiger partial charge on any atom is -0.506 e. The lowest BCUT2D eigenvalue weighted by molar-refractivity contribution is -0.121. The summed E-state index contributed by atoms with van der Waals surface area (Å²) in [5, 5.41) is 21.1. The van der Waals surface area contributed by atoms with Crippen molar-refractivity contribution in [3.05, 3.63) is 52.4 Å². The number of furan rings is 1. The number of aromatic hydroxyl groups is 1. The Bertz CT molecular complexity index is 695. The van der Waals surface area contributed by atoms with Crippen molar-refractivity contribution in [1.82, 2.24) is 5.32 Å². The van der Waals surface area contributed by atoms with Crippen molar-refractivity contribution in [2.45, 2.75) is 19.4 Å². The van der Waals surface area contributed by atoms with Crippen LogP contribution in [0, 0.1) is 0 Å². The lowest BCUT2D eigenvalue weighted by Crippen LogP contribution is -2.23. The molecule has 1 heterocycles. The largest absolute Gasteiger partial charge is 0.506 e. The summed E-state index contributed by atoms with van der Waals surface area (Å²) in [7, 11) is 0. The first kappa shape index (κ1) is 15.9. The van der Waals surface area contributed by atoms with E-state index in [9.17, 15) is 14.7 Å². The number of amides is 1. The van der Waals surface area contributed by atoms with E-state index in [1.807, 2.05) is 0 Å². The van der Waals surface area contributed by atoms with Crippen molar-refractivity contribution in [2.75, 3.05) is 0 Å². The van der Waals surface area contributed by atoms with Crippen molar-refractivity contribution >= 4 is 23.5 Å². The average Bonchev–Trinajstić information content (AvgIpc) is 2.95. The monoisotopic (exact) mass is 323 g/mol. The van der Waals surface area contributed by atoms with Crippen molar-refractivity contribution in [3.8, 4) is 5.75 Å². The molecule has 0 aliphatic rings. The van der Waals surface area contributed by atoms with Gasteiger partial charge in [-0.25, -0.2) is 4.79 Å². The fraction of sp³-hybridized carbons (Fsp3) is 0.200. The highest BCUT2D eigenvalue weighted by Gasteiger charge is 2.14. The summed E-state index contributed by atoms with van der Waals surface area (Å²) in [5.74, 6) is -1.14. The molecule has 6 nitrogen and oxygen atoms in total. The van der Waals surface area contributed by atoms with Gasteiger partial charge in [0.05, 0.1) is 17.8 Å². The van der Waals surface area contributed by atoms with E-state index in [2.05, 4.69) is 5.32 Å².